The molecule has 1 aliphatic rings. The maximum absolute atomic E-state index is 11.3. The molecule has 0 heterocycles. The van der Waals surface area contributed by atoms with Crippen LogP contribution in [0.2, 0.25) is 0 Å². The van der Waals surface area contributed by atoms with Gasteiger partial charge in [0.05, 0.1) is 0 Å². The van der Waals surface area contributed by atoms with Gasteiger partial charge in [0.15, 0.2) is 0 Å². The summed E-state index contributed by atoms with van der Waals surface area (Å²) in [4.78, 5) is 21.9. The number of carbonyl (C=O) groups is 1. The summed E-state index contributed by atoms with van der Waals surface area (Å²) < 4.78 is 32.7. The summed E-state index contributed by atoms with van der Waals surface area (Å²) in [7, 11) is -4.87. The lowest BCUT2D eigenvalue weighted by molar-refractivity contribution is -0.141. The molecule has 7 nitrogen and oxygen atoms in total. The van der Waals surface area contributed by atoms with Gasteiger partial charge in [-0.25, -0.2) is 4.79 Å². The number of rotatable bonds is 3. The van der Waals surface area contributed by atoms with Crippen LogP contribution in [-0.4, -0.2) is 24.5 Å². The van der Waals surface area contributed by atoms with Crippen molar-refractivity contribution in [3.05, 3.63) is 4.91 Å². The second kappa shape index (κ2) is 4.23. The molecule has 0 amide bonds. The second-order valence-electron chi connectivity index (χ2n) is 3.48. The van der Waals surface area contributed by atoms with Crippen LogP contribution in [0.4, 0.5) is 0 Å². The van der Waals surface area contributed by atoms with Gasteiger partial charge in [-0.1, -0.05) is 24.4 Å². The molecule has 0 bridgehead atoms. The van der Waals surface area contributed by atoms with Gasteiger partial charge in [0.1, 0.15) is 0 Å². The number of hydrogen-bond donors (Lipinski definition) is 1. The van der Waals surface area contributed by atoms with Crippen LogP contribution in [0.15, 0.2) is 5.18 Å². The monoisotopic (exact) mass is 237 g/mol. The molecule has 0 aromatic rings. The van der Waals surface area contributed by atoms with Crippen molar-refractivity contribution in [2.45, 2.75) is 37.6 Å². The smallest absolute Gasteiger partial charge is 0.322 e. The van der Waals surface area contributed by atoms with Crippen LogP contribution in [0, 0.1) is 4.91 Å². The molecule has 0 radical (unpaired) electrons. The van der Waals surface area contributed by atoms with Gasteiger partial charge in [-0.05, 0) is 12.8 Å². The van der Waals surface area contributed by atoms with E-state index in [1.165, 1.54) is 0 Å². The van der Waals surface area contributed by atoms with Crippen molar-refractivity contribution in [1.29, 1.82) is 0 Å². The average Bonchev–Trinajstić information content (AvgIpc) is 2.16. The first-order valence-electron chi connectivity index (χ1n) is 4.45. The molecule has 1 rings (SSSR count). The summed E-state index contributed by atoms with van der Waals surface area (Å²) in [5.74, 6) is -1.29. The second-order valence-corrected chi connectivity index (χ2v) is 4.50. The first-order valence-corrected chi connectivity index (χ1v) is 5.82. The molecule has 0 aromatic carbocycles. The van der Waals surface area contributed by atoms with E-state index >= 15 is 0 Å². The molecular weight excluding hydrogens is 226 g/mol. The zero-order valence-electron chi connectivity index (χ0n) is 7.88. The maximum Gasteiger partial charge on any atom is 0.449 e. The van der Waals surface area contributed by atoms with Gasteiger partial charge in [-0.3, -0.25) is 4.55 Å². The average molecular weight is 237 g/mol. The first-order chi connectivity index (χ1) is 6.90. The Bertz CT molecular complexity index is 356. The Kier molecular flexibility index (Phi) is 3.40. The Morgan fingerprint density at radius 2 is 1.80 bits per heavy atom. The van der Waals surface area contributed by atoms with Crippen molar-refractivity contribution in [1.82, 2.24) is 0 Å². The van der Waals surface area contributed by atoms with E-state index in [1.54, 1.807) is 0 Å². The molecule has 86 valence electrons. The van der Waals surface area contributed by atoms with Crippen molar-refractivity contribution < 1.29 is 21.9 Å². The first kappa shape index (κ1) is 12.1. The van der Waals surface area contributed by atoms with Crippen LogP contribution in [0.25, 0.3) is 0 Å². The Balaban J connectivity index is 2.81. The summed E-state index contributed by atoms with van der Waals surface area (Å²) in [6, 6.07) is 0. The predicted molar refractivity (Wildman–Crippen MR) is 49.3 cm³/mol. The summed E-state index contributed by atoms with van der Waals surface area (Å²) in [5, 5.41) is 2.66. The molecule has 0 aromatic heterocycles. The molecule has 1 N–H and O–H groups in total. The van der Waals surface area contributed by atoms with Gasteiger partial charge in [0.2, 0.25) is 5.54 Å². The zero-order chi connectivity index (χ0) is 11.5. The lowest BCUT2D eigenvalue weighted by Crippen LogP contribution is -2.40. The minimum absolute atomic E-state index is 0.158. The van der Waals surface area contributed by atoms with Crippen LogP contribution in [0.3, 0.4) is 0 Å². The largest absolute Gasteiger partial charge is 0.449 e. The zero-order valence-corrected chi connectivity index (χ0v) is 8.70. The minimum atomic E-state index is -4.87. The van der Waals surface area contributed by atoms with E-state index in [-0.39, 0.29) is 12.8 Å². The standard InChI is InChI=1S/C7H11NO6S/c9-6(14-15(11,12)13)7(8-10)4-2-1-3-5-7/h1-5H2,(H,11,12,13). The topological polar surface area (TPSA) is 110 Å². The third-order valence-corrected chi connectivity index (χ3v) is 2.78. The van der Waals surface area contributed by atoms with Crippen LogP contribution in [0.1, 0.15) is 32.1 Å². The van der Waals surface area contributed by atoms with Crippen LogP contribution >= 0.6 is 0 Å². The Labute approximate surface area is 86.7 Å². The predicted octanol–water partition coefficient (Wildman–Crippen LogP) is 0.802. The molecule has 0 spiro atoms. The lowest BCUT2D eigenvalue weighted by atomic mass is 9.83. The highest BCUT2D eigenvalue weighted by Crippen LogP contribution is 2.33. The third-order valence-electron chi connectivity index (χ3n) is 2.42. The molecule has 1 aliphatic carbocycles. The van der Waals surface area contributed by atoms with Crippen molar-refractivity contribution >= 4 is 16.4 Å². The van der Waals surface area contributed by atoms with Gasteiger partial charge in [0.25, 0.3) is 0 Å². The minimum Gasteiger partial charge on any atom is -0.322 e. The molecular formula is C7H11NO6S. The summed E-state index contributed by atoms with van der Waals surface area (Å²) in [5.41, 5.74) is -1.64. The number of nitrogens with zero attached hydrogens (tertiary/aromatic N) is 1. The van der Waals surface area contributed by atoms with E-state index in [2.05, 4.69) is 9.36 Å². The van der Waals surface area contributed by atoms with Crippen molar-refractivity contribution in [3.63, 3.8) is 0 Å². The Morgan fingerprint density at radius 3 is 2.20 bits per heavy atom. The molecule has 0 unspecified atom stereocenters. The molecule has 0 atom stereocenters. The quantitative estimate of drug-likeness (QED) is 0.574. The van der Waals surface area contributed by atoms with Crippen LogP contribution in [-0.2, 0) is 19.4 Å². The molecule has 8 heteroatoms. The normalized spacial score (nSPS) is 20.6. The van der Waals surface area contributed by atoms with Gasteiger partial charge in [-0.2, -0.15) is 8.42 Å². The third kappa shape index (κ3) is 2.96. The SMILES string of the molecule is O=NC1(C(=O)OS(=O)(=O)O)CCCCC1. The molecule has 1 saturated carbocycles. The fourth-order valence-corrected chi connectivity index (χ4v) is 1.99. The summed E-state index contributed by atoms with van der Waals surface area (Å²) >= 11 is 0. The van der Waals surface area contributed by atoms with E-state index in [1.807, 2.05) is 0 Å². The molecule has 1 fully saturated rings. The van der Waals surface area contributed by atoms with Gasteiger partial charge in [-0.15, -0.1) is 4.91 Å². The molecule has 0 saturated heterocycles. The lowest BCUT2D eigenvalue weighted by Gasteiger charge is -2.26. The maximum atomic E-state index is 11.3. The number of hydrogen-bond acceptors (Lipinski definition) is 6. The van der Waals surface area contributed by atoms with Crippen molar-refractivity contribution in [3.8, 4) is 0 Å². The summed E-state index contributed by atoms with van der Waals surface area (Å²) in [6.45, 7) is 0. The van der Waals surface area contributed by atoms with E-state index in [0.717, 1.165) is 6.42 Å². The summed E-state index contributed by atoms with van der Waals surface area (Å²) in [6.07, 6.45) is 2.38. The van der Waals surface area contributed by atoms with Gasteiger partial charge >= 0.3 is 16.4 Å². The van der Waals surface area contributed by atoms with Gasteiger partial charge in [0, 0.05) is 0 Å². The Morgan fingerprint density at radius 1 is 1.27 bits per heavy atom. The van der Waals surface area contributed by atoms with Crippen LogP contribution in [0.5, 0.6) is 0 Å². The van der Waals surface area contributed by atoms with Crippen molar-refractivity contribution in [2.24, 2.45) is 5.18 Å². The Hall–Kier alpha value is -1.02. The highest BCUT2D eigenvalue weighted by atomic mass is 32.3. The highest BCUT2D eigenvalue weighted by Gasteiger charge is 2.44. The number of nitroso groups, excluding NO2 is 1. The van der Waals surface area contributed by atoms with Gasteiger partial charge < -0.3 is 4.18 Å². The van der Waals surface area contributed by atoms with Crippen LogP contribution < -0.4 is 0 Å². The highest BCUT2D eigenvalue weighted by molar-refractivity contribution is 7.81. The van der Waals surface area contributed by atoms with E-state index in [0.29, 0.717) is 12.8 Å². The number of carbonyl (C=O) groups excluding carboxylic acids is 1. The van der Waals surface area contributed by atoms with Crippen molar-refractivity contribution in [2.75, 3.05) is 0 Å². The van der Waals surface area contributed by atoms with E-state index in [9.17, 15) is 18.1 Å². The fourth-order valence-electron chi connectivity index (χ4n) is 1.64. The fraction of sp³-hybridized carbons (Fsp3) is 0.857. The molecule has 15 heavy (non-hydrogen) atoms. The van der Waals surface area contributed by atoms with E-state index in [4.69, 9.17) is 4.55 Å². The van der Waals surface area contributed by atoms with E-state index < -0.39 is 21.9 Å². The molecule has 0 aliphatic heterocycles.